The van der Waals surface area contributed by atoms with Crippen molar-refractivity contribution >= 4 is 34.0 Å². The van der Waals surface area contributed by atoms with Crippen LogP contribution in [0.5, 0.6) is 17.5 Å². The van der Waals surface area contributed by atoms with E-state index >= 15 is 0 Å². The maximum atomic E-state index is 13.2. The fourth-order valence-electron chi connectivity index (χ4n) is 8.78. The number of likely N-dealkylation sites (tertiary alicyclic amines) is 2. The third-order valence-corrected chi connectivity index (χ3v) is 13.7. The summed E-state index contributed by atoms with van der Waals surface area (Å²) in [5.41, 5.74) is 3.20. The molecule has 366 valence electrons. The van der Waals surface area contributed by atoms with Gasteiger partial charge in [0.1, 0.15) is 34.9 Å². The molecule has 0 bridgehead atoms. The Morgan fingerprint density at radius 2 is 1.32 bits per heavy atom. The van der Waals surface area contributed by atoms with Gasteiger partial charge in [-0.15, -0.1) is 0 Å². The molecule has 3 aliphatic rings. The second-order valence-electron chi connectivity index (χ2n) is 18.5. The van der Waals surface area contributed by atoms with Crippen LogP contribution < -0.4 is 14.8 Å². The Kier molecular flexibility index (Phi) is 20.6. The van der Waals surface area contributed by atoms with Gasteiger partial charge in [0.25, 0.3) is 0 Å². The lowest BCUT2D eigenvalue weighted by Gasteiger charge is -2.26. The molecule has 3 aromatic heterocycles. The summed E-state index contributed by atoms with van der Waals surface area (Å²) in [4.78, 5) is 33.0. The highest BCUT2D eigenvalue weighted by molar-refractivity contribution is 7.99. The van der Waals surface area contributed by atoms with Gasteiger partial charge < -0.3 is 19.7 Å². The molecule has 10 nitrogen and oxygen atoms in total. The number of Topliss-reactive ketones (excluding diaryl/α,β-unsaturated/α-hetero) is 1. The number of nitrogens with one attached hydrogen (secondary N) is 1. The molecule has 2 aliphatic heterocycles. The van der Waals surface area contributed by atoms with E-state index in [1.165, 1.54) is 88.4 Å². The van der Waals surface area contributed by atoms with Crippen molar-refractivity contribution in [2.45, 2.75) is 95.0 Å². The first kappa shape index (κ1) is 51.4. The Morgan fingerprint density at radius 1 is 0.667 bits per heavy atom. The third kappa shape index (κ3) is 18.1. The summed E-state index contributed by atoms with van der Waals surface area (Å²) >= 11 is 1.69. The van der Waals surface area contributed by atoms with Gasteiger partial charge in [0.15, 0.2) is 0 Å². The van der Waals surface area contributed by atoms with Crippen molar-refractivity contribution in [1.29, 1.82) is 0 Å². The summed E-state index contributed by atoms with van der Waals surface area (Å²) in [7, 11) is 4.09. The smallest absolute Gasteiger partial charge is 0.220 e. The van der Waals surface area contributed by atoms with Crippen LogP contribution in [0.4, 0.5) is 14.5 Å². The van der Waals surface area contributed by atoms with Gasteiger partial charge in [-0.25, -0.2) is 18.7 Å². The van der Waals surface area contributed by atoms with Crippen molar-refractivity contribution in [2.24, 2.45) is 5.92 Å². The molecule has 5 heterocycles. The molecule has 0 spiro atoms. The number of ether oxygens (including phenoxy) is 2. The largest absolute Gasteiger partial charge is 0.461 e. The lowest BCUT2D eigenvalue weighted by atomic mass is 9.85. The molecule has 1 saturated carbocycles. The Hall–Kier alpha value is -5.47. The van der Waals surface area contributed by atoms with E-state index in [2.05, 4.69) is 53.2 Å². The number of halogens is 2. The van der Waals surface area contributed by atoms with Gasteiger partial charge in [-0.05, 0) is 125 Å². The van der Waals surface area contributed by atoms with Gasteiger partial charge in [0.05, 0.1) is 23.8 Å². The van der Waals surface area contributed by atoms with Crippen LogP contribution in [0.15, 0.2) is 120 Å². The van der Waals surface area contributed by atoms with Crippen LogP contribution in [0.1, 0.15) is 87.7 Å². The van der Waals surface area contributed by atoms with Gasteiger partial charge >= 0.3 is 0 Å². The standard InChI is InChI=1S/C19H23F2N3.C19H28N2O2.C18H18N2OS/c20-15-11-16(21)13-19(12-15)22-14-18-6-4-5-17(23-18)7-10-24-8-2-1-3-9-24;22-18(16-8-3-1-4-9-16)14-17-10-7-11-19(20-17)23-15-21-12-5-2-6-13-21;1-20(2)13-22-18-9-5-8-17(19-18)21-16-11-10-14-6-3-4-7-15(14)12-16/h4-6,11-13,22H,1-3,7-10,14H2;7,10-11,16H,1-6,8-9,12-15H2;3-12H,13H2,1-2H3. The lowest BCUT2D eigenvalue weighted by Crippen LogP contribution is -2.33. The minimum absolute atomic E-state index is 0.253. The Balaban J connectivity index is 0.000000153. The molecule has 1 aliphatic carbocycles. The van der Waals surface area contributed by atoms with Crippen LogP contribution in [0, 0.1) is 17.6 Å². The number of aromatic nitrogens is 3. The zero-order valence-electron chi connectivity index (χ0n) is 40.5. The molecule has 0 radical (unpaired) electrons. The number of carbonyl (C=O) groups excluding carboxylic acids is 1. The number of anilines is 1. The van der Waals surface area contributed by atoms with Crippen LogP contribution in [-0.4, -0.2) is 94.9 Å². The van der Waals surface area contributed by atoms with Crippen LogP contribution in [0.3, 0.4) is 0 Å². The van der Waals surface area contributed by atoms with E-state index in [1.807, 2.05) is 93.0 Å². The van der Waals surface area contributed by atoms with E-state index in [4.69, 9.17) is 9.47 Å². The van der Waals surface area contributed by atoms with E-state index in [9.17, 15) is 13.6 Å². The van der Waals surface area contributed by atoms with Crippen molar-refractivity contribution in [3.8, 4) is 17.5 Å². The number of piperidine rings is 2. The second-order valence-corrected chi connectivity index (χ2v) is 19.4. The van der Waals surface area contributed by atoms with Gasteiger partial charge in [-0.2, -0.15) is 0 Å². The number of fused-ring (bicyclic) bond motifs is 1. The Morgan fingerprint density at radius 3 is 2.07 bits per heavy atom. The summed E-state index contributed by atoms with van der Waals surface area (Å²) in [5.74, 6) is 2.41. The molecule has 0 atom stereocenters. The summed E-state index contributed by atoms with van der Waals surface area (Å²) in [6.45, 7) is 6.69. The SMILES string of the molecule is CN(C)CSc1cccc(Oc2ccc3ccccc3c2)n1.Fc1cc(F)cc(NCc2cccc(CCN3CCCCC3)n2)c1.O=C(Cc1cccc(OCN2CCCCC2)n1)C1CCCCC1. The van der Waals surface area contributed by atoms with Gasteiger partial charge in [-0.3, -0.25) is 19.6 Å². The zero-order chi connectivity index (χ0) is 48.0. The highest BCUT2D eigenvalue weighted by Crippen LogP contribution is 2.28. The number of carbonyl (C=O) groups is 1. The average Bonchev–Trinajstić information content (AvgIpc) is 3.37. The lowest BCUT2D eigenvalue weighted by molar-refractivity contribution is -0.123. The number of benzene rings is 3. The maximum Gasteiger partial charge on any atom is 0.220 e. The predicted molar refractivity (Wildman–Crippen MR) is 275 cm³/mol. The molecule has 2 saturated heterocycles. The number of hydrogen-bond donors (Lipinski definition) is 1. The van der Waals surface area contributed by atoms with Crippen LogP contribution in [0.2, 0.25) is 0 Å². The highest BCUT2D eigenvalue weighted by atomic mass is 32.2. The molecule has 1 N–H and O–H groups in total. The van der Waals surface area contributed by atoms with Crippen LogP contribution >= 0.6 is 11.8 Å². The van der Waals surface area contributed by atoms with Crippen molar-refractivity contribution in [1.82, 2.24) is 29.7 Å². The van der Waals surface area contributed by atoms with Crippen molar-refractivity contribution in [3.63, 3.8) is 0 Å². The molecule has 9 rings (SSSR count). The van der Waals surface area contributed by atoms with Gasteiger partial charge in [-0.1, -0.05) is 92.4 Å². The van der Waals surface area contributed by atoms with Crippen molar-refractivity contribution < 1.29 is 23.0 Å². The van der Waals surface area contributed by atoms with Gasteiger partial charge in [0, 0.05) is 68.0 Å². The van der Waals surface area contributed by atoms with Crippen LogP contribution in [-0.2, 0) is 24.2 Å². The molecule has 3 aromatic carbocycles. The van der Waals surface area contributed by atoms with Crippen molar-refractivity contribution in [2.75, 3.05) is 64.7 Å². The second kappa shape index (κ2) is 27.7. The molecular weight excluding hydrogens is 889 g/mol. The molecule has 69 heavy (non-hydrogen) atoms. The summed E-state index contributed by atoms with van der Waals surface area (Å²) in [6, 6.07) is 35.3. The first-order valence-corrected chi connectivity index (χ1v) is 25.8. The third-order valence-electron chi connectivity index (χ3n) is 12.5. The number of nitrogens with zero attached hydrogens (tertiary/aromatic N) is 6. The van der Waals surface area contributed by atoms with E-state index in [0.29, 0.717) is 42.9 Å². The highest BCUT2D eigenvalue weighted by Gasteiger charge is 2.22. The van der Waals surface area contributed by atoms with Gasteiger partial charge in [0.2, 0.25) is 11.8 Å². The molecule has 6 aromatic rings. The summed E-state index contributed by atoms with van der Waals surface area (Å²) in [6.07, 6.45) is 14.9. The first-order chi connectivity index (χ1) is 33.7. The zero-order valence-corrected chi connectivity index (χ0v) is 41.3. The van der Waals surface area contributed by atoms with E-state index in [0.717, 1.165) is 84.1 Å². The number of thioether (sulfide) groups is 1. The quantitative estimate of drug-likeness (QED) is 0.0699. The minimum atomic E-state index is -0.583. The fraction of sp³-hybridized carbons (Fsp3) is 0.429. The Labute approximate surface area is 412 Å². The first-order valence-electron chi connectivity index (χ1n) is 24.8. The maximum absolute atomic E-state index is 13.2. The van der Waals surface area contributed by atoms with E-state index in [1.54, 1.807) is 11.8 Å². The van der Waals surface area contributed by atoms with Crippen molar-refractivity contribution in [3.05, 3.63) is 144 Å². The molecule has 0 amide bonds. The molecule has 13 heteroatoms. The molecular formula is C56H69F2N7O3S. The fourth-order valence-corrected chi connectivity index (χ4v) is 9.50. The monoisotopic (exact) mass is 958 g/mol. The summed E-state index contributed by atoms with van der Waals surface area (Å²) in [5, 5.41) is 6.36. The minimum Gasteiger partial charge on any atom is -0.461 e. The number of pyridine rings is 3. The van der Waals surface area contributed by atoms with E-state index in [-0.39, 0.29) is 5.92 Å². The predicted octanol–water partition coefficient (Wildman–Crippen LogP) is 12.2. The Bertz CT molecular complexity index is 2470. The summed E-state index contributed by atoms with van der Waals surface area (Å²) < 4.78 is 38.1. The number of ketones is 1. The van der Waals surface area contributed by atoms with Crippen LogP contribution in [0.25, 0.3) is 10.8 Å². The van der Waals surface area contributed by atoms with E-state index < -0.39 is 11.6 Å². The molecule has 0 unspecified atom stereocenters. The number of rotatable bonds is 17. The molecule has 3 fully saturated rings. The number of hydrogen-bond acceptors (Lipinski definition) is 11. The average molecular weight is 958 g/mol. The normalized spacial score (nSPS) is 15.7. The topological polar surface area (TPSA) is 96.0 Å².